The van der Waals surface area contributed by atoms with Crippen LogP contribution in [0.5, 0.6) is 0 Å². The van der Waals surface area contributed by atoms with Crippen LogP contribution in [0.25, 0.3) is 16.6 Å². The zero-order valence-electron chi connectivity index (χ0n) is 35.7. The van der Waals surface area contributed by atoms with Crippen LogP contribution in [0.1, 0.15) is 90.6 Å². The second-order valence-electron chi connectivity index (χ2n) is 17.2. The largest absolute Gasteiger partial charge is 0.394 e. The average molecular weight is 918 g/mol. The highest BCUT2D eigenvalue weighted by molar-refractivity contribution is 7.81. The summed E-state index contributed by atoms with van der Waals surface area (Å²) in [6.45, 7) is 2.57. The maximum Gasteiger partial charge on any atom is 0.284 e. The number of halogens is 3. The van der Waals surface area contributed by atoms with Crippen LogP contribution in [0.15, 0.2) is 42.9 Å². The highest BCUT2D eigenvalue weighted by atomic mass is 32.1. The fraction of sp³-hybridized carbons (Fsp3) is 0.523. The van der Waals surface area contributed by atoms with Gasteiger partial charge in [-0.15, -0.1) is 12.6 Å². The van der Waals surface area contributed by atoms with Crippen LogP contribution in [0.2, 0.25) is 0 Å². The Labute approximate surface area is 377 Å². The first-order valence-electron chi connectivity index (χ1n) is 21.9. The number of fused-ring (bicyclic) bond motifs is 2. The molecule has 1 saturated carbocycles. The summed E-state index contributed by atoms with van der Waals surface area (Å²) in [5.41, 5.74) is 1.79. The van der Waals surface area contributed by atoms with E-state index in [1.54, 1.807) is 24.0 Å². The number of morpholine rings is 1. The molecule has 2 unspecified atom stereocenters. The Hall–Kier alpha value is -5.53. The maximum absolute atomic E-state index is 16.0. The lowest BCUT2D eigenvalue weighted by molar-refractivity contribution is -0.134. The topological polar surface area (TPSA) is 186 Å². The second-order valence-corrected chi connectivity index (χ2v) is 18.0. The third-order valence-corrected chi connectivity index (χ3v) is 13.3. The normalized spacial score (nSPS) is 25.5. The van der Waals surface area contributed by atoms with E-state index in [9.17, 15) is 28.3 Å². The average Bonchev–Trinajstić information content (AvgIpc) is 4.01. The zero-order chi connectivity index (χ0) is 45.4. The number of rotatable bonds is 11. The summed E-state index contributed by atoms with van der Waals surface area (Å²) >= 11 is 4.40. The first kappa shape index (κ1) is 44.7. The Morgan fingerprint density at radius 1 is 1.14 bits per heavy atom. The molecule has 9 rings (SSSR count). The number of hydrogen-bond acceptors (Lipinski definition) is 13. The van der Waals surface area contributed by atoms with Crippen LogP contribution < -0.4 is 15.5 Å². The van der Waals surface area contributed by atoms with Gasteiger partial charge in [-0.2, -0.15) is 15.3 Å². The van der Waals surface area contributed by atoms with Crippen LogP contribution in [0.3, 0.4) is 0 Å². The Morgan fingerprint density at radius 2 is 1.97 bits per heavy atom. The number of nitrogens with one attached hydrogen (secondary N) is 2. The lowest BCUT2D eigenvalue weighted by Crippen LogP contribution is -2.53. The van der Waals surface area contributed by atoms with E-state index >= 15 is 4.39 Å². The third-order valence-electron chi connectivity index (χ3n) is 12.9. The van der Waals surface area contributed by atoms with Crippen molar-refractivity contribution in [3.63, 3.8) is 0 Å². The van der Waals surface area contributed by atoms with Gasteiger partial charge in [0.2, 0.25) is 11.8 Å². The smallest absolute Gasteiger partial charge is 0.284 e. The molecule has 17 nitrogen and oxygen atoms in total. The Balaban J connectivity index is 0.768. The number of likely N-dealkylation sites (tertiary alicyclic amines) is 1. The van der Waals surface area contributed by atoms with Crippen LogP contribution in [0.4, 0.5) is 24.7 Å². The fourth-order valence-corrected chi connectivity index (χ4v) is 9.97. The lowest BCUT2D eigenvalue weighted by atomic mass is 9.85. The number of ether oxygens (including phenoxy) is 2. The van der Waals surface area contributed by atoms with Crippen molar-refractivity contribution in [3.8, 4) is 11.8 Å². The predicted octanol–water partition coefficient (Wildman–Crippen LogP) is 4.19. The van der Waals surface area contributed by atoms with Crippen molar-refractivity contribution < 1.29 is 42.1 Å². The van der Waals surface area contributed by atoms with E-state index in [-0.39, 0.29) is 73.0 Å². The van der Waals surface area contributed by atoms with E-state index in [1.165, 1.54) is 21.6 Å². The Kier molecular flexibility index (Phi) is 12.9. The van der Waals surface area contributed by atoms with Crippen molar-refractivity contribution in [2.24, 2.45) is 13.0 Å². The lowest BCUT2D eigenvalue weighted by Gasteiger charge is -2.42. The number of amides is 3. The molecule has 3 N–H and O–H groups in total. The Bertz CT molecular complexity index is 2650. The molecule has 4 aliphatic rings. The summed E-state index contributed by atoms with van der Waals surface area (Å²) in [4.78, 5) is 46.5. The van der Waals surface area contributed by atoms with E-state index in [0.29, 0.717) is 75.5 Å². The predicted molar refractivity (Wildman–Crippen MR) is 234 cm³/mol. The maximum atomic E-state index is 16.0. The van der Waals surface area contributed by atoms with Gasteiger partial charge in [0.25, 0.3) is 12.3 Å². The molecule has 1 aromatic carbocycles. The molecule has 1 aliphatic carbocycles. The Morgan fingerprint density at radius 3 is 2.74 bits per heavy atom. The number of para-hydroxylation sites is 1. The van der Waals surface area contributed by atoms with Gasteiger partial charge in [0.05, 0.1) is 59.9 Å². The molecule has 3 aliphatic heterocycles. The van der Waals surface area contributed by atoms with Crippen molar-refractivity contribution in [1.82, 2.24) is 44.4 Å². The van der Waals surface area contributed by atoms with Gasteiger partial charge >= 0.3 is 0 Å². The van der Waals surface area contributed by atoms with E-state index in [0.717, 1.165) is 23.7 Å². The van der Waals surface area contributed by atoms with Gasteiger partial charge in [0, 0.05) is 64.0 Å². The highest BCUT2D eigenvalue weighted by Crippen LogP contribution is 2.38. The molecule has 0 spiro atoms. The van der Waals surface area contributed by atoms with Crippen molar-refractivity contribution >= 4 is 58.4 Å². The number of anilines is 2. The van der Waals surface area contributed by atoms with Crippen molar-refractivity contribution in [3.05, 3.63) is 65.4 Å². The number of piperidine rings is 2. The van der Waals surface area contributed by atoms with Gasteiger partial charge in [-0.05, 0) is 56.6 Å². The molecule has 5 aromatic rings. The summed E-state index contributed by atoms with van der Waals surface area (Å²) in [5, 5.41) is 26.5. The van der Waals surface area contributed by atoms with Gasteiger partial charge in [0.1, 0.15) is 24.1 Å². The first-order chi connectivity index (χ1) is 31.3. The van der Waals surface area contributed by atoms with E-state index in [4.69, 9.17) is 9.47 Å². The number of hydrogen-bond donors (Lipinski definition) is 4. The second kappa shape index (κ2) is 18.8. The fourth-order valence-electron chi connectivity index (χ4n) is 9.56. The zero-order valence-corrected chi connectivity index (χ0v) is 36.6. The number of aromatic nitrogens is 7. The number of carbonyl (C=O) groups is 3. The molecule has 21 heteroatoms. The minimum atomic E-state index is -2.93. The van der Waals surface area contributed by atoms with E-state index in [2.05, 4.69) is 60.3 Å². The van der Waals surface area contributed by atoms with Crippen LogP contribution in [0, 0.1) is 17.8 Å². The minimum Gasteiger partial charge on any atom is -0.394 e. The first-order valence-corrected chi connectivity index (χ1v) is 22.3. The number of alkyl halides is 3. The highest BCUT2D eigenvalue weighted by Gasteiger charge is 2.43. The van der Waals surface area contributed by atoms with Gasteiger partial charge in [-0.1, -0.05) is 24.0 Å². The molecule has 3 amide bonds. The molecule has 4 atom stereocenters. The number of aliphatic hydroxyl groups excluding tert-OH is 1. The standard InChI is InChI=1S/C44H50F3N11O6S/c1-54-39-27(4-2-6-30(39)37(52-54)31-11-12-36(60)51-42(31)61)5-3-18-64-34-13-15-55(25-44(34,47)65)21-26-7-9-28(10-8-26)58-23-33(38(53-58)40(45)46)49-43(62)32-20-48-57-16-14-35(50-41(32)57)56-17-19-63-29(22-56)24-59/h2,4,6,14,16,20,23,26,28-29,31,34,40,59,65H,7-13,15,17-19,21-22,24-25H2,1H3,(H,49,62)(H,51,60,61)/t26-,28-,29?,31?,34-,44+/m0/s1. The molecule has 65 heavy (non-hydrogen) atoms. The summed E-state index contributed by atoms with van der Waals surface area (Å²) in [5.74, 6) is 5.14. The van der Waals surface area contributed by atoms with Gasteiger partial charge < -0.3 is 24.8 Å². The number of nitrogens with zero attached hydrogens (tertiary/aromatic N) is 9. The molecule has 7 heterocycles. The van der Waals surface area contributed by atoms with Gasteiger partial charge in [0.15, 0.2) is 16.3 Å². The molecule has 0 bridgehead atoms. The SMILES string of the molecule is Cn1nc(C2CCC(=O)NC2=O)c2cccc(C#CCO[C@H]3CCN(C[C@H]4CC[C@H](n5cc(NC(=O)c6cnn7ccc(N8CCOC(CO)C8)nc67)c(C(F)F)n5)CC4)C[C@@]3(F)S)c21. The van der Waals surface area contributed by atoms with Crippen LogP contribution in [-0.4, -0.2) is 132 Å². The molecule has 344 valence electrons. The summed E-state index contributed by atoms with van der Waals surface area (Å²) < 4.78 is 60.8. The summed E-state index contributed by atoms with van der Waals surface area (Å²) in [7, 11) is 1.78. The number of aryl methyl sites for hydroxylation is 1. The molecular weight excluding hydrogens is 868 g/mol. The summed E-state index contributed by atoms with van der Waals surface area (Å²) in [6.07, 6.45) is 4.37. The van der Waals surface area contributed by atoms with Crippen molar-refractivity contribution in [2.75, 3.05) is 62.8 Å². The van der Waals surface area contributed by atoms with Crippen molar-refractivity contribution in [2.45, 2.75) is 80.5 Å². The minimum absolute atomic E-state index is 0.0115. The molecule has 4 fully saturated rings. The molecule has 3 saturated heterocycles. The van der Waals surface area contributed by atoms with Gasteiger partial charge in [-0.3, -0.25) is 34.0 Å². The van der Waals surface area contributed by atoms with Crippen LogP contribution >= 0.6 is 12.6 Å². The number of carbonyl (C=O) groups excluding carboxylic acids is 3. The number of thiol groups is 1. The molecule has 0 radical (unpaired) electrons. The number of aliphatic hydroxyl groups is 1. The number of imide groups is 1. The van der Waals surface area contributed by atoms with Crippen LogP contribution in [-0.2, 0) is 26.1 Å². The van der Waals surface area contributed by atoms with Gasteiger partial charge in [-0.25, -0.2) is 22.7 Å². The third kappa shape index (κ3) is 9.45. The molecular formula is C44H50F3N11O6S. The summed E-state index contributed by atoms with van der Waals surface area (Å²) in [6, 6.07) is 7.16. The van der Waals surface area contributed by atoms with E-state index in [1.807, 2.05) is 23.1 Å². The van der Waals surface area contributed by atoms with Crippen molar-refractivity contribution in [1.29, 1.82) is 0 Å². The molecule has 4 aromatic heterocycles. The van der Waals surface area contributed by atoms with E-state index < -0.39 is 35.0 Å². The monoisotopic (exact) mass is 917 g/mol. The number of benzene rings is 1. The quantitative estimate of drug-likeness (QED) is 0.0843.